The van der Waals surface area contributed by atoms with Gasteiger partial charge >= 0.3 is 0 Å². The SMILES string of the molecule is O=S([O-])Cl. The highest BCUT2D eigenvalue weighted by Gasteiger charge is 1.46. The third-order valence-electron chi connectivity index (χ3n) is 0. The average molecular weight is 99.5 g/mol. The van der Waals surface area contributed by atoms with Crippen LogP contribution < -0.4 is 0 Å². The summed E-state index contributed by atoms with van der Waals surface area (Å²) in [6.07, 6.45) is 0. The van der Waals surface area contributed by atoms with Crippen LogP contribution in [0.1, 0.15) is 0 Å². The minimum atomic E-state index is -2.39. The van der Waals surface area contributed by atoms with Crippen LogP contribution in [0.2, 0.25) is 0 Å². The molecular weight excluding hydrogens is 99.5 g/mol. The largest absolute Gasteiger partial charge is 0.760 e. The predicted octanol–water partition coefficient (Wildman–Crippen LogP) is 0.0193. The van der Waals surface area contributed by atoms with Gasteiger partial charge in [0.1, 0.15) is 0 Å². The molecule has 0 heterocycles. The lowest BCUT2D eigenvalue weighted by Crippen LogP contribution is -1.61. The van der Waals surface area contributed by atoms with Crippen LogP contribution in [0.4, 0.5) is 0 Å². The minimum Gasteiger partial charge on any atom is -0.760 e. The zero-order chi connectivity index (χ0) is 3.58. The maximum absolute atomic E-state index is 8.77. The Balaban J connectivity index is 2.80. The summed E-state index contributed by atoms with van der Waals surface area (Å²) < 4.78 is 17.5. The topological polar surface area (TPSA) is 40.1 Å². The lowest BCUT2D eigenvalue weighted by Gasteiger charge is -1.80. The third kappa shape index (κ3) is 29.4. The maximum atomic E-state index is 8.77. The van der Waals surface area contributed by atoms with Crippen molar-refractivity contribution in [1.29, 1.82) is 0 Å². The molecule has 26 valence electrons. The smallest absolute Gasteiger partial charge is 0.0422 e. The molecule has 0 aliphatic heterocycles. The summed E-state index contributed by atoms with van der Waals surface area (Å²) in [4.78, 5) is 0. The predicted molar refractivity (Wildman–Crippen MR) is 14.8 cm³/mol. The van der Waals surface area contributed by atoms with Gasteiger partial charge in [0.15, 0.2) is 0 Å². The standard InChI is InChI=1S/ClHO2S/c1-4(2)3/h(H,2,3)/p-1. The Labute approximate surface area is 30.6 Å². The molecule has 0 radical (unpaired) electrons. The van der Waals surface area contributed by atoms with Crippen LogP contribution in [0, 0.1) is 0 Å². The van der Waals surface area contributed by atoms with Gasteiger partial charge in [0.25, 0.3) is 0 Å². The van der Waals surface area contributed by atoms with E-state index >= 15 is 0 Å². The van der Waals surface area contributed by atoms with Gasteiger partial charge in [-0.2, -0.15) is 0 Å². The third-order valence-corrected chi connectivity index (χ3v) is 0. The van der Waals surface area contributed by atoms with E-state index in [4.69, 9.17) is 8.76 Å². The molecule has 4 heavy (non-hydrogen) atoms. The van der Waals surface area contributed by atoms with Gasteiger partial charge in [0.2, 0.25) is 0 Å². The van der Waals surface area contributed by atoms with Crippen molar-refractivity contribution in [2.75, 3.05) is 0 Å². The Bertz CT molecular complexity index is 29.0. The van der Waals surface area contributed by atoms with E-state index in [-0.39, 0.29) is 0 Å². The van der Waals surface area contributed by atoms with Gasteiger partial charge in [-0.1, -0.05) is 0 Å². The minimum absolute atomic E-state index is 2.39. The highest BCUT2D eigenvalue weighted by atomic mass is 35.7. The molecular formula is ClO2S-. The molecule has 0 fully saturated rings. The molecule has 0 bridgehead atoms. The fraction of sp³-hybridized carbons (Fsp3) is 0. The van der Waals surface area contributed by atoms with Crippen molar-refractivity contribution in [2.24, 2.45) is 0 Å². The zero-order valence-electron chi connectivity index (χ0n) is 1.60. The van der Waals surface area contributed by atoms with Gasteiger partial charge in [-0.15, -0.1) is 0 Å². The fourth-order valence-corrected chi connectivity index (χ4v) is 0. The summed E-state index contributed by atoms with van der Waals surface area (Å²) in [5.41, 5.74) is 0. The normalized spacial score (nSPS) is 15.5. The summed E-state index contributed by atoms with van der Waals surface area (Å²) in [6, 6.07) is 0. The lowest BCUT2D eigenvalue weighted by molar-refractivity contribution is 0.552. The molecule has 0 spiro atoms. The molecule has 4 heteroatoms. The highest BCUT2D eigenvalue weighted by molar-refractivity contribution is 8.03. The molecule has 0 saturated carbocycles. The number of rotatable bonds is 0. The first-order valence-corrected chi connectivity index (χ1v) is 2.39. The summed E-state index contributed by atoms with van der Waals surface area (Å²) in [6.45, 7) is 0. The van der Waals surface area contributed by atoms with Crippen LogP contribution in [-0.4, -0.2) is 8.76 Å². The molecule has 0 rings (SSSR count). The zero-order valence-corrected chi connectivity index (χ0v) is 3.18. The molecule has 0 saturated heterocycles. The Morgan fingerprint density at radius 3 is 2.00 bits per heavy atom. The average Bonchev–Trinajstić information content (AvgIpc) is 0.811. The molecule has 1 atom stereocenters. The molecule has 0 aromatic carbocycles. The molecule has 0 N–H and O–H groups in total. The van der Waals surface area contributed by atoms with Gasteiger partial charge in [0.05, 0.1) is 0 Å². The molecule has 0 aromatic heterocycles. The van der Waals surface area contributed by atoms with E-state index in [0.29, 0.717) is 0 Å². The highest BCUT2D eigenvalue weighted by Crippen LogP contribution is 1.71. The van der Waals surface area contributed by atoms with E-state index in [0.717, 1.165) is 0 Å². The van der Waals surface area contributed by atoms with Gasteiger partial charge in [-0.3, -0.25) is 4.21 Å². The van der Waals surface area contributed by atoms with Crippen LogP contribution in [0.3, 0.4) is 0 Å². The van der Waals surface area contributed by atoms with E-state index in [9.17, 15) is 0 Å². The van der Waals surface area contributed by atoms with Crippen molar-refractivity contribution in [3.63, 3.8) is 0 Å². The molecule has 2 nitrogen and oxygen atoms in total. The van der Waals surface area contributed by atoms with Crippen molar-refractivity contribution in [1.82, 2.24) is 0 Å². The first kappa shape index (κ1) is 4.40. The van der Waals surface area contributed by atoms with Crippen molar-refractivity contribution < 1.29 is 8.76 Å². The van der Waals surface area contributed by atoms with Crippen molar-refractivity contribution in [3.8, 4) is 0 Å². The molecule has 1 unspecified atom stereocenters. The Kier molecular flexibility index (Phi) is 1.86. The maximum Gasteiger partial charge on any atom is 0.0422 e. The monoisotopic (exact) mass is 98.9 g/mol. The Morgan fingerprint density at radius 1 is 2.00 bits per heavy atom. The number of hydrogen-bond acceptors (Lipinski definition) is 2. The summed E-state index contributed by atoms with van der Waals surface area (Å²) >= 11 is 0. The second-order valence-electron chi connectivity index (χ2n) is 0.194. The van der Waals surface area contributed by atoms with E-state index < -0.39 is 10.3 Å². The fourth-order valence-electron chi connectivity index (χ4n) is 0. The number of halogens is 1. The Morgan fingerprint density at radius 2 is 2.00 bits per heavy atom. The van der Waals surface area contributed by atoms with E-state index in [1.165, 1.54) is 0 Å². The van der Waals surface area contributed by atoms with Gasteiger partial charge < -0.3 is 4.55 Å². The lowest BCUT2D eigenvalue weighted by atomic mass is 15.9. The van der Waals surface area contributed by atoms with Crippen LogP contribution in [0.25, 0.3) is 0 Å². The van der Waals surface area contributed by atoms with E-state index in [1.807, 2.05) is 0 Å². The first-order chi connectivity index (χ1) is 1.73. The second kappa shape index (κ2) is 1.69. The quantitative estimate of drug-likeness (QED) is 0.317. The molecule has 0 aromatic rings. The van der Waals surface area contributed by atoms with Crippen molar-refractivity contribution in [2.45, 2.75) is 0 Å². The summed E-state index contributed by atoms with van der Waals surface area (Å²) in [7, 11) is 1.80. The first-order valence-electron chi connectivity index (χ1n) is 0.488. The van der Waals surface area contributed by atoms with E-state index in [1.54, 1.807) is 0 Å². The van der Waals surface area contributed by atoms with Crippen LogP contribution >= 0.6 is 10.7 Å². The molecule has 0 aliphatic rings. The molecule has 0 aliphatic carbocycles. The second-order valence-corrected chi connectivity index (χ2v) is 1.34. The van der Waals surface area contributed by atoms with Crippen LogP contribution in [-0.2, 0) is 10.3 Å². The summed E-state index contributed by atoms with van der Waals surface area (Å²) in [5.74, 6) is 0. The van der Waals surface area contributed by atoms with Crippen LogP contribution in [0.15, 0.2) is 0 Å². The van der Waals surface area contributed by atoms with Crippen LogP contribution in [0.5, 0.6) is 0 Å². The van der Waals surface area contributed by atoms with Gasteiger partial charge in [0, 0.05) is 10.3 Å². The van der Waals surface area contributed by atoms with Gasteiger partial charge in [-0.05, 0) is 10.7 Å². The van der Waals surface area contributed by atoms with E-state index in [2.05, 4.69) is 10.7 Å². The van der Waals surface area contributed by atoms with Crippen molar-refractivity contribution >= 4 is 21.0 Å². The van der Waals surface area contributed by atoms with Crippen molar-refractivity contribution in [3.05, 3.63) is 0 Å². The number of hydrogen-bond donors (Lipinski definition) is 0. The van der Waals surface area contributed by atoms with Gasteiger partial charge in [-0.25, -0.2) is 0 Å². The Hall–Kier alpha value is 0.400. The summed E-state index contributed by atoms with van der Waals surface area (Å²) in [5, 5.41) is 0. The molecule has 0 amide bonds.